The standard InChI is InChI=1S/C67H47N3OS.C64H43N3OS/c1-67(2)61-25-15-14-24-55(61)56-39-50(28-33-62(56)67)69(48-22-10-5-11-23-48)51-29-34-63-57(40-51)58-41-52(30-35-64(58)71-63)70(49-27-26-44-16-12-13-17-45(44)38-49)54-32-37-66-60(43-54)59-42-53(31-36-65(59)72-66)68(46-18-6-3-7-19-46)47-20-8-4-9-21-47;1-5-16-44(17-6-1)45-28-30-50(31-29-45)67(60-27-15-19-46-18-13-14-26-55(46)60)54-33-37-62-57(41-54)56-40-51(32-36-61(56)68-62)66(49-24-11-4-12-25-49)53-35-39-64-59(43-53)58-42-52(34-38-63(58)69-64)65(47-20-7-2-8-21-47)48-22-9-3-10-23-48/h3-43H,1-2H3;1-43H. The minimum Gasteiger partial charge on any atom is -0.456 e. The highest BCUT2D eigenvalue weighted by atomic mass is 32.1. The first-order chi connectivity index (χ1) is 69.6. The Kier molecular flexibility index (Phi) is 20.8. The number of nitrogens with zero attached hydrogens (tertiary/aromatic N) is 6. The molecule has 0 fully saturated rings. The lowest BCUT2D eigenvalue weighted by molar-refractivity contribution is 0.660. The summed E-state index contributed by atoms with van der Waals surface area (Å²) in [6.07, 6.45) is 0. The number of hydrogen-bond donors (Lipinski definition) is 0. The van der Waals surface area contributed by atoms with E-state index in [1.165, 1.54) is 95.3 Å². The molecule has 0 saturated heterocycles. The Labute approximate surface area is 825 Å². The van der Waals surface area contributed by atoms with Gasteiger partial charge in [-0.3, -0.25) is 0 Å². The number of furan rings is 2. The number of rotatable bonds is 19. The molecule has 0 N–H and O–H groups in total. The van der Waals surface area contributed by atoms with E-state index >= 15 is 0 Å². The van der Waals surface area contributed by atoms with Gasteiger partial charge in [0, 0.05) is 169 Å². The van der Waals surface area contributed by atoms with Gasteiger partial charge in [0.1, 0.15) is 22.3 Å². The molecule has 0 unspecified atom stereocenters. The third kappa shape index (κ3) is 15.2. The zero-order valence-corrected chi connectivity index (χ0v) is 78.9. The van der Waals surface area contributed by atoms with Gasteiger partial charge < -0.3 is 38.2 Å². The molecule has 26 aromatic rings. The van der Waals surface area contributed by atoms with Gasteiger partial charge in [-0.2, -0.15) is 0 Å². The highest BCUT2D eigenvalue weighted by Crippen LogP contribution is 2.54. The van der Waals surface area contributed by atoms with Gasteiger partial charge >= 0.3 is 0 Å². The summed E-state index contributed by atoms with van der Waals surface area (Å²) >= 11 is 3.68. The second-order valence-corrected chi connectivity index (χ2v) is 38.9. The lowest BCUT2D eigenvalue weighted by atomic mass is 9.82. The highest BCUT2D eigenvalue weighted by Gasteiger charge is 2.36. The molecule has 0 aliphatic heterocycles. The Hall–Kier alpha value is -17.8. The van der Waals surface area contributed by atoms with Crippen LogP contribution in [0.5, 0.6) is 0 Å². The van der Waals surface area contributed by atoms with Crippen LogP contribution in [0.25, 0.3) is 128 Å². The number of hydrogen-bond acceptors (Lipinski definition) is 10. The minimum atomic E-state index is -0.0745. The van der Waals surface area contributed by atoms with E-state index in [2.05, 4.69) is 553 Å². The number of anilines is 18. The molecule has 4 heterocycles. The van der Waals surface area contributed by atoms with Crippen molar-refractivity contribution in [2.75, 3.05) is 29.4 Å². The zero-order chi connectivity index (χ0) is 93.6. The SMILES string of the molecule is CC1(C)c2ccccc2-c2cc(N(c3ccccc3)c3ccc4oc5ccc(N(c6ccc7ccccc7c6)c6ccc7sc8ccc(N(c9ccccc9)c9ccccc9)cc8c7c6)cc5c4c3)ccc21.c1ccc(-c2ccc(N(c3ccc4oc5ccc(N(c6ccccc6)c6ccc7sc8ccc(N(c9ccccc9)c9ccccc9)cc8c7c6)cc5c4c3)c3cccc4ccccc34)cc2)cc1. The maximum atomic E-state index is 6.68. The molecule has 668 valence electrons. The fourth-order valence-electron chi connectivity index (χ4n) is 21.3. The monoisotopic (exact) mass is 1840 g/mol. The van der Waals surface area contributed by atoms with E-state index in [9.17, 15) is 0 Å². The first-order valence-corrected chi connectivity index (χ1v) is 49.6. The maximum Gasteiger partial charge on any atom is 0.135 e. The van der Waals surface area contributed by atoms with Crippen LogP contribution in [0.3, 0.4) is 0 Å². The Morgan fingerprint density at radius 1 is 0.170 bits per heavy atom. The van der Waals surface area contributed by atoms with E-state index in [1.807, 2.05) is 22.7 Å². The van der Waals surface area contributed by atoms with Gasteiger partial charge in [-0.25, -0.2) is 0 Å². The first kappa shape index (κ1) is 83.8. The van der Waals surface area contributed by atoms with Crippen molar-refractivity contribution in [3.05, 3.63) is 521 Å². The van der Waals surface area contributed by atoms with Gasteiger partial charge in [0.05, 0.1) is 5.69 Å². The van der Waals surface area contributed by atoms with Gasteiger partial charge in [0.2, 0.25) is 0 Å². The summed E-state index contributed by atoms with van der Waals surface area (Å²) in [5.41, 5.74) is 30.6. The number of fused-ring (bicyclic) bond motifs is 17. The normalized spacial score (nSPS) is 12.1. The lowest BCUT2D eigenvalue weighted by Crippen LogP contribution is -2.15. The molecule has 1 aliphatic rings. The molecule has 27 rings (SSSR count). The van der Waals surface area contributed by atoms with E-state index in [4.69, 9.17) is 8.83 Å². The molecular weight excluding hydrogens is 1750 g/mol. The molecule has 10 heteroatoms. The van der Waals surface area contributed by atoms with Crippen LogP contribution in [-0.4, -0.2) is 0 Å². The van der Waals surface area contributed by atoms with Crippen LogP contribution < -0.4 is 29.4 Å². The zero-order valence-electron chi connectivity index (χ0n) is 77.3. The van der Waals surface area contributed by atoms with Gasteiger partial charge in [-0.1, -0.05) is 263 Å². The average Bonchev–Trinajstić information content (AvgIpc) is 1.59. The summed E-state index contributed by atoms with van der Waals surface area (Å²) in [6, 6.07) is 184. The second-order valence-electron chi connectivity index (χ2n) is 36.7. The molecule has 0 spiro atoms. The van der Waals surface area contributed by atoms with E-state index in [0.717, 1.165) is 146 Å². The predicted octanol–water partition coefficient (Wildman–Crippen LogP) is 39.0. The van der Waals surface area contributed by atoms with Crippen LogP contribution in [0.15, 0.2) is 518 Å². The third-order valence-corrected chi connectivity index (χ3v) is 30.3. The van der Waals surface area contributed by atoms with Crippen LogP contribution in [0.1, 0.15) is 25.0 Å². The van der Waals surface area contributed by atoms with Gasteiger partial charge in [-0.05, 0) is 310 Å². The van der Waals surface area contributed by atoms with E-state index in [-0.39, 0.29) is 5.41 Å². The fourth-order valence-corrected chi connectivity index (χ4v) is 23.4. The molecule has 0 bridgehead atoms. The quantitative estimate of drug-likeness (QED) is 0.0794. The Bertz CT molecular complexity index is 9170. The number of benzene rings is 22. The van der Waals surface area contributed by atoms with Crippen molar-refractivity contribution in [3.8, 4) is 22.3 Å². The van der Waals surface area contributed by atoms with Crippen LogP contribution in [0, 0.1) is 0 Å². The number of para-hydroxylation sites is 6. The summed E-state index contributed by atoms with van der Waals surface area (Å²) in [7, 11) is 0. The Morgan fingerprint density at radius 3 is 0.872 bits per heavy atom. The summed E-state index contributed by atoms with van der Waals surface area (Å²) in [5, 5.41) is 13.9. The van der Waals surface area contributed by atoms with Crippen molar-refractivity contribution >= 4 is 231 Å². The van der Waals surface area contributed by atoms with E-state index < -0.39 is 0 Å². The molecule has 141 heavy (non-hydrogen) atoms. The lowest BCUT2D eigenvalue weighted by Gasteiger charge is -2.27. The third-order valence-electron chi connectivity index (χ3n) is 28.0. The molecule has 0 amide bonds. The maximum absolute atomic E-state index is 6.68. The minimum absolute atomic E-state index is 0.0745. The van der Waals surface area contributed by atoms with E-state index in [1.54, 1.807) is 0 Å². The molecule has 4 aromatic heterocycles. The van der Waals surface area contributed by atoms with Crippen molar-refractivity contribution < 1.29 is 8.83 Å². The van der Waals surface area contributed by atoms with Crippen molar-refractivity contribution in [1.82, 2.24) is 0 Å². The predicted molar refractivity (Wildman–Crippen MR) is 599 cm³/mol. The van der Waals surface area contributed by atoms with E-state index in [0.29, 0.717) is 0 Å². The van der Waals surface area contributed by atoms with Crippen LogP contribution >= 0.6 is 22.7 Å². The van der Waals surface area contributed by atoms with Crippen molar-refractivity contribution in [2.45, 2.75) is 19.3 Å². The van der Waals surface area contributed by atoms with Gasteiger partial charge in [-0.15, -0.1) is 22.7 Å². The summed E-state index contributed by atoms with van der Waals surface area (Å²) < 4.78 is 18.3. The summed E-state index contributed by atoms with van der Waals surface area (Å²) in [5.74, 6) is 0. The summed E-state index contributed by atoms with van der Waals surface area (Å²) in [6.45, 7) is 4.68. The molecular formula is C131H90N6O2S2. The molecule has 22 aromatic carbocycles. The molecule has 0 atom stereocenters. The molecule has 8 nitrogen and oxygen atoms in total. The smallest absolute Gasteiger partial charge is 0.135 e. The Morgan fingerprint density at radius 2 is 0.447 bits per heavy atom. The molecule has 0 saturated carbocycles. The van der Waals surface area contributed by atoms with Crippen LogP contribution in [0.4, 0.5) is 102 Å². The fraction of sp³-hybridized carbons (Fsp3) is 0.0229. The first-order valence-electron chi connectivity index (χ1n) is 48.0. The average molecular weight is 1840 g/mol. The highest BCUT2D eigenvalue weighted by molar-refractivity contribution is 7.26. The molecule has 0 radical (unpaired) electrons. The molecule has 1 aliphatic carbocycles. The second kappa shape index (κ2) is 35.1. The van der Waals surface area contributed by atoms with Crippen molar-refractivity contribution in [2.24, 2.45) is 0 Å². The summed E-state index contributed by atoms with van der Waals surface area (Å²) in [4.78, 5) is 14.2. The van der Waals surface area contributed by atoms with Crippen LogP contribution in [0.2, 0.25) is 0 Å². The Balaban J connectivity index is 0.000000145. The van der Waals surface area contributed by atoms with Crippen molar-refractivity contribution in [3.63, 3.8) is 0 Å². The van der Waals surface area contributed by atoms with Crippen LogP contribution in [-0.2, 0) is 5.41 Å². The topological polar surface area (TPSA) is 45.7 Å². The largest absolute Gasteiger partial charge is 0.456 e. The van der Waals surface area contributed by atoms with Gasteiger partial charge in [0.15, 0.2) is 0 Å². The van der Waals surface area contributed by atoms with Crippen molar-refractivity contribution in [1.29, 1.82) is 0 Å². The number of thiophene rings is 2. The van der Waals surface area contributed by atoms with Gasteiger partial charge in [0.25, 0.3) is 0 Å².